The molecular weight excluding hydrogens is 374 g/mol. The van der Waals surface area contributed by atoms with Gasteiger partial charge in [-0.1, -0.05) is 5.73 Å². The van der Waals surface area contributed by atoms with Crippen LogP contribution in [-0.4, -0.2) is 66.2 Å². The van der Waals surface area contributed by atoms with Crippen LogP contribution in [0.25, 0.3) is 0 Å². The fourth-order valence-corrected chi connectivity index (χ4v) is 2.75. The maximum atomic E-state index is 12.7. The molecule has 29 heavy (non-hydrogen) atoms. The minimum Gasteiger partial charge on any atom is -0.370 e. The van der Waals surface area contributed by atoms with Crippen molar-refractivity contribution in [1.29, 1.82) is 0 Å². The molecule has 0 aromatic carbocycles. The van der Waals surface area contributed by atoms with Gasteiger partial charge in [0.05, 0.1) is 12.4 Å². The van der Waals surface area contributed by atoms with E-state index in [0.29, 0.717) is 25.8 Å². The van der Waals surface area contributed by atoms with Crippen LogP contribution in [0.15, 0.2) is 39.5 Å². The van der Waals surface area contributed by atoms with Crippen LogP contribution >= 0.6 is 0 Å². The van der Waals surface area contributed by atoms with Crippen molar-refractivity contribution in [3.8, 4) is 0 Å². The lowest BCUT2D eigenvalue weighted by Gasteiger charge is -2.25. The summed E-state index contributed by atoms with van der Waals surface area (Å²) in [7, 11) is 0. The second-order valence-electron chi connectivity index (χ2n) is 6.07. The van der Waals surface area contributed by atoms with E-state index in [4.69, 9.17) is 17.2 Å². The number of hydrogen-bond acceptors (Lipinski definition) is 5. The summed E-state index contributed by atoms with van der Waals surface area (Å²) in [4.78, 5) is 45.8. The molecule has 10 nitrogen and oxygen atoms in total. The third kappa shape index (κ3) is 8.31. The maximum Gasteiger partial charge on any atom is 0.276 e. The number of aliphatic imine (C=N–C) groups is 2. The molecule has 0 aromatic heterocycles. The Morgan fingerprint density at radius 1 is 1.24 bits per heavy atom. The lowest BCUT2D eigenvalue weighted by molar-refractivity contribution is -0.138. The van der Waals surface area contributed by atoms with Gasteiger partial charge in [-0.05, 0) is 38.0 Å². The van der Waals surface area contributed by atoms with Crippen molar-refractivity contribution in [2.75, 3.05) is 19.6 Å². The molecule has 0 unspecified atom stereocenters. The molecule has 0 aliphatic carbocycles. The zero-order valence-corrected chi connectivity index (χ0v) is 16.1. The fourth-order valence-electron chi connectivity index (χ4n) is 2.75. The van der Waals surface area contributed by atoms with E-state index in [1.54, 1.807) is 0 Å². The highest BCUT2D eigenvalue weighted by Gasteiger charge is 2.35. The third-order valence-electron chi connectivity index (χ3n) is 4.05. The highest BCUT2D eigenvalue weighted by atomic mass is 16.2. The predicted octanol–water partition coefficient (Wildman–Crippen LogP) is -1.52. The number of nitrogens with one attached hydrogen (secondary N) is 1. The van der Waals surface area contributed by atoms with Crippen LogP contribution in [0.3, 0.4) is 0 Å². The Balaban J connectivity index is 2.93. The van der Waals surface area contributed by atoms with E-state index < -0.39 is 23.9 Å². The molecule has 1 aliphatic heterocycles. The van der Waals surface area contributed by atoms with Crippen molar-refractivity contribution in [3.63, 3.8) is 0 Å². The number of hydrogen-bond donors (Lipinski definition) is 4. The number of nitrogens with zero attached hydrogens (tertiary/aromatic N) is 3. The summed E-state index contributed by atoms with van der Waals surface area (Å²) >= 11 is 0. The Bertz CT molecular complexity index is 845. The molecule has 1 heterocycles. The zero-order valence-electron chi connectivity index (χ0n) is 16.1. The summed E-state index contributed by atoms with van der Waals surface area (Å²) in [5, 5.41) is 2.65. The molecule has 1 aliphatic rings. The topological polar surface area (TPSA) is 169 Å². The van der Waals surface area contributed by atoms with Gasteiger partial charge in [-0.3, -0.25) is 19.4 Å². The number of carbonyl (C=O) groups excluding carboxylic acids is 3. The lowest BCUT2D eigenvalue weighted by atomic mass is 10.1. The SMILES string of the molecule is C=C=C=C=C=C=NC(=O)[C@H](CCCN=C(N)N)NC(=O)[C@@H]1CCCN1C(=O)CN. The van der Waals surface area contributed by atoms with Gasteiger partial charge in [0.2, 0.25) is 11.8 Å². The Morgan fingerprint density at radius 3 is 2.66 bits per heavy atom. The molecule has 0 bridgehead atoms. The van der Waals surface area contributed by atoms with Crippen molar-refractivity contribution in [3.05, 3.63) is 29.5 Å². The van der Waals surface area contributed by atoms with Crippen molar-refractivity contribution in [2.45, 2.75) is 37.8 Å². The first-order valence-corrected chi connectivity index (χ1v) is 9.02. The average molecular weight is 399 g/mol. The van der Waals surface area contributed by atoms with E-state index in [0.717, 1.165) is 0 Å². The third-order valence-corrected chi connectivity index (χ3v) is 4.05. The Morgan fingerprint density at radius 2 is 2.00 bits per heavy atom. The van der Waals surface area contributed by atoms with Gasteiger partial charge < -0.3 is 27.4 Å². The monoisotopic (exact) mass is 399 g/mol. The van der Waals surface area contributed by atoms with Gasteiger partial charge >= 0.3 is 0 Å². The van der Waals surface area contributed by atoms with Crippen LogP contribution in [0.2, 0.25) is 0 Å². The van der Waals surface area contributed by atoms with Gasteiger partial charge in [0.15, 0.2) is 5.96 Å². The normalized spacial score (nSPS) is 15.5. The smallest absolute Gasteiger partial charge is 0.276 e. The minimum absolute atomic E-state index is 0.0630. The van der Waals surface area contributed by atoms with Gasteiger partial charge in [0, 0.05) is 24.6 Å². The molecule has 154 valence electrons. The summed E-state index contributed by atoms with van der Waals surface area (Å²) in [6, 6.07) is -1.60. The molecule has 0 saturated carbocycles. The highest BCUT2D eigenvalue weighted by molar-refractivity contribution is 5.94. The largest absolute Gasteiger partial charge is 0.370 e. The van der Waals surface area contributed by atoms with Crippen LogP contribution in [0.1, 0.15) is 25.7 Å². The van der Waals surface area contributed by atoms with E-state index in [9.17, 15) is 14.4 Å². The molecule has 0 radical (unpaired) electrons. The van der Waals surface area contributed by atoms with E-state index >= 15 is 0 Å². The van der Waals surface area contributed by atoms with E-state index in [1.807, 2.05) is 0 Å². The van der Waals surface area contributed by atoms with Crippen LogP contribution in [0.5, 0.6) is 0 Å². The van der Waals surface area contributed by atoms with Crippen molar-refractivity contribution >= 4 is 29.6 Å². The van der Waals surface area contributed by atoms with Crippen molar-refractivity contribution < 1.29 is 14.4 Å². The quantitative estimate of drug-likeness (QED) is 0.167. The number of carbonyl (C=O) groups is 3. The van der Waals surface area contributed by atoms with Gasteiger partial charge in [-0.2, -0.15) is 4.99 Å². The first kappa shape index (κ1) is 23.4. The Kier molecular flexibility index (Phi) is 10.3. The summed E-state index contributed by atoms with van der Waals surface area (Å²) in [5.41, 5.74) is 25.4. The van der Waals surface area contributed by atoms with Gasteiger partial charge in [-0.15, -0.1) is 0 Å². The summed E-state index contributed by atoms with van der Waals surface area (Å²) in [6.45, 7) is 3.85. The summed E-state index contributed by atoms with van der Waals surface area (Å²) < 4.78 is 0. The Hall–Kier alpha value is -3.59. The van der Waals surface area contributed by atoms with E-state index in [2.05, 4.69) is 50.7 Å². The maximum absolute atomic E-state index is 12.7. The first-order valence-electron chi connectivity index (χ1n) is 9.02. The molecule has 1 saturated heterocycles. The molecule has 1 rings (SSSR count). The second-order valence-corrected chi connectivity index (χ2v) is 6.07. The number of likely N-dealkylation sites (tertiary alicyclic amines) is 1. The van der Waals surface area contributed by atoms with Crippen LogP contribution in [-0.2, 0) is 14.4 Å². The van der Waals surface area contributed by atoms with Gasteiger partial charge in [-0.25, -0.2) is 0 Å². The van der Waals surface area contributed by atoms with Gasteiger partial charge in [0.25, 0.3) is 5.91 Å². The van der Waals surface area contributed by atoms with Crippen LogP contribution < -0.4 is 22.5 Å². The molecular formula is C19H25N7O3. The standard InChI is InChI=1S/C19H25N7O3/c1-2-3-4-5-10-23-17(28)14(8-6-11-24-19(21)22)25-18(29)15-9-7-12-26(15)16(27)13-20/h14-15H,1,6-9,11-13,20H2,(H,25,29)(H4,21,22,24)/t14-,15-/m0/s1. The predicted molar refractivity (Wildman–Crippen MR) is 108 cm³/mol. The molecule has 1 fully saturated rings. The van der Waals surface area contributed by atoms with Crippen LogP contribution in [0, 0.1) is 0 Å². The summed E-state index contributed by atoms with van der Waals surface area (Å²) in [6.07, 6.45) is 1.86. The zero-order chi connectivity index (χ0) is 21.6. The Labute approximate surface area is 168 Å². The molecule has 3 amide bonds. The first-order chi connectivity index (χ1) is 13.9. The molecule has 0 spiro atoms. The molecule has 2 atom stereocenters. The molecule has 7 N–H and O–H groups in total. The lowest BCUT2D eigenvalue weighted by Crippen LogP contribution is -2.51. The molecule has 10 heteroatoms. The number of rotatable bonds is 8. The second kappa shape index (κ2) is 12.7. The van der Waals surface area contributed by atoms with E-state index in [1.165, 1.54) is 4.90 Å². The van der Waals surface area contributed by atoms with Crippen molar-refractivity contribution in [1.82, 2.24) is 10.2 Å². The number of amides is 3. The average Bonchev–Trinajstić information content (AvgIpc) is 3.19. The van der Waals surface area contributed by atoms with Gasteiger partial charge in [0.1, 0.15) is 12.1 Å². The van der Waals surface area contributed by atoms with Crippen LogP contribution in [0.4, 0.5) is 0 Å². The number of nitrogens with two attached hydrogens (primary N) is 3. The number of guanidine groups is 1. The van der Waals surface area contributed by atoms with E-state index in [-0.39, 0.29) is 31.4 Å². The fraction of sp³-hybridized carbons (Fsp3) is 0.474. The minimum atomic E-state index is -0.930. The highest BCUT2D eigenvalue weighted by Crippen LogP contribution is 2.17. The summed E-state index contributed by atoms with van der Waals surface area (Å²) in [5.74, 6) is 0.829. The molecule has 0 aromatic rings. The van der Waals surface area contributed by atoms with Crippen molar-refractivity contribution in [2.24, 2.45) is 27.2 Å².